The van der Waals surface area contributed by atoms with Crippen molar-refractivity contribution >= 4 is 17.7 Å². The lowest BCUT2D eigenvalue weighted by atomic mass is 10.0. The van der Waals surface area contributed by atoms with E-state index in [0.717, 1.165) is 0 Å². The van der Waals surface area contributed by atoms with Crippen molar-refractivity contribution in [2.24, 2.45) is 0 Å². The van der Waals surface area contributed by atoms with E-state index in [1.54, 1.807) is 11.9 Å². The van der Waals surface area contributed by atoms with Gasteiger partial charge in [0.25, 0.3) is 11.8 Å². The number of piperidine rings is 1. The number of nitrogens with zero attached hydrogens (tertiary/aromatic N) is 2. The zero-order chi connectivity index (χ0) is 11.0. The van der Waals surface area contributed by atoms with E-state index >= 15 is 0 Å². The number of hydrogen-bond acceptors (Lipinski definition) is 3. The first-order valence-corrected chi connectivity index (χ1v) is 4.89. The van der Waals surface area contributed by atoms with Crippen LogP contribution >= 0.6 is 0 Å². The Morgan fingerprint density at radius 2 is 1.80 bits per heavy atom. The largest absolute Gasteiger partial charge is 0.344 e. The lowest BCUT2D eigenvalue weighted by Crippen LogP contribution is -2.50. The van der Waals surface area contributed by atoms with Gasteiger partial charge < -0.3 is 4.90 Å². The maximum absolute atomic E-state index is 11.4. The van der Waals surface area contributed by atoms with E-state index in [9.17, 15) is 14.4 Å². The minimum atomic E-state index is -0.271. The van der Waals surface area contributed by atoms with Crippen LogP contribution < -0.4 is 0 Å². The summed E-state index contributed by atoms with van der Waals surface area (Å²) in [6.07, 6.45) is 3.53. The summed E-state index contributed by atoms with van der Waals surface area (Å²) in [5, 5.41) is 0. The molecular weight excluding hydrogens is 196 g/mol. The molecule has 0 aromatic heterocycles. The van der Waals surface area contributed by atoms with Crippen LogP contribution in [0, 0.1) is 0 Å². The molecule has 1 unspecified atom stereocenters. The number of likely N-dealkylation sites (N-methyl/N-ethyl adjacent to an activating group) is 1. The van der Waals surface area contributed by atoms with Crippen LogP contribution in [0.1, 0.15) is 12.8 Å². The standard InChI is InChI=1S/C10H12N2O3/c1-11-6-7(2-3-8(11)13)12-9(14)4-5-10(12)15/h4-5,7H,2-3,6H2,1H3. The third kappa shape index (κ3) is 1.65. The molecule has 0 saturated carbocycles. The monoisotopic (exact) mass is 208 g/mol. The summed E-state index contributed by atoms with van der Waals surface area (Å²) >= 11 is 0. The van der Waals surface area contributed by atoms with Crippen LogP contribution in [0.3, 0.4) is 0 Å². The highest BCUT2D eigenvalue weighted by Crippen LogP contribution is 2.19. The van der Waals surface area contributed by atoms with Crippen molar-refractivity contribution in [3.8, 4) is 0 Å². The van der Waals surface area contributed by atoms with Gasteiger partial charge >= 0.3 is 0 Å². The Balaban J connectivity index is 2.09. The summed E-state index contributed by atoms with van der Waals surface area (Å²) in [7, 11) is 1.69. The molecule has 0 bridgehead atoms. The second kappa shape index (κ2) is 3.49. The molecule has 5 heteroatoms. The third-order valence-corrected chi connectivity index (χ3v) is 2.81. The summed E-state index contributed by atoms with van der Waals surface area (Å²) in [5.74, 6) is -0.473. The molecule has 3 amide bonds. The molecule has 15 heavy (non-hydrogen) atoms. The van der Waals surface area contributed by atoms with Crippen LogP contribution in [0.15, 0.2) is 12.2 Å². The molecule has 2 aliphatic heterocycles. The summed E-state index contributed by atoms with van der Waals surface area (Å²) in [4.78, 5) is 36.8. The number of imide groups is 1. The maximum atomic E-state index is 11.4. The van der Waals surface area contributed by atoms with Gasteiger partial charge in [-0.2, -0.15) is 0 Å². The summed E-state index contributed by atoms with van der Waals surface area (Å²) in [6, 6.07) is -0.164. The number of hydrogen-bond donors (Lipinski definition) is 0. The van der Waals surface area contributed by atoms with Crippen molar-refractivity contribution in [1.82, 2.24) is 9.80 Å². The Bertz CT molecular complexity index is 344. The van der Waals surface area contributed by atoms with Crippen molar-refractivity contribution in [3.63, 3.8) is 0 Å². The molecule has 0 N–H and O–H groups in total. The molecular formula is C10H12N2O3. The van der Waals surface area contributed by atoms with Crippen molar-refractivity contribution in [2.75, 3.05) is 13.6 Å². The van der Waals surface area contributed by atoms with Crippen LogP contribution in [0.5, 0.6) is 0 Å². The van der Waals surface area contributed by atoms with Crippen LogP contribution in [0.25, 0.3) is 0 Å². The van der Waals surface area contributed by atoms with Gasteiger partial charge in [-0.25, -0.2) is 0 Å². The lowest BCUT2D eigenvalue weighted by Gasteiger charge is -2.34. The lowest BCUT2D eigenvalue weighted by molar-refractivity contribution is -0.145. The fraction of sp³-hybridized carbons (Fsp3) is 0.500. The van der Waals surface area contributed by atoms with Crippen molar-refractivity contribution in [1.29, 1.82) is 0 Å². The highest BCUT2D eigenvalue weighted by Gasteiger charge is 2.35. The third-order valence-electron chi connectivity index (χ3n) is 2.81. The molecule has 0 spiro atoms. The van der Waals surface area contributed by atoms with E-state index in [0.29, 0.717) is 19.4 Å². The average molecular weight is 208 g/mol. The van der Waals surface area contributed by atoms with Crippen LogP contribution in [0.2, 0.25) is 0 Å². The maximum Gasteiger partial charge on any atom is 0.253 e. The molecule has 1 saturated heterocycles. The summed E-state index contributed by atoms with van der Waals surface area (Å²) < 4.78 is 0. The van der Waals surface area contributed by atoms with Gasteiger partial charge in [0.1, 0.15) is 0 Å². The van der Waals surface area contributed by atoms with Gasteiger partial charge in [-0.05, 0) is 6.42 Å². The molecule has 2 rings (SSSR count). The fourth-order valence-electron chi connectivity index (χ4n) is 1.97. The zero-order valence-electron chi connectivity index (χ0n) is 8.47. The van der Waals surface area contributed by atoms with Gasteiger partial charge in [0.15, 0.2) is 0 Å². The molecule has 0 aromatic rings. The minimum Gasteiger partial charge on any atom is -0.344 e. The minimum absolute atomic E-state index is 0.0679. The van der Waals surface area contributed by atoms with Gasteiger partial charge in [-0.15, -0.1) is 0 Å². The van der Waals surface area contributed by atoms with Crippen LogP contribution in [0.4, 0.5) is 0 Å². The van der Waals surface area contributed by atoms with E-state index < -0.39 is 0 Å². The molecule has 5 nitrogen and oxygen atoms in total. The van der Waals surface area contributed by atoms with Gasteiger partial charge in [0, 0.05) is 32.2 Å². The number of carbonyl (C=O) groups excluding carboxylic acids is 3. The first-order chi connectivity index (χ1) is 7.09. The number of amides is 3. The smallest absolute Gasteiger partial charge is 0.253 e. The highest BCUT2D eigenvalue weighted by atomic mass is 16.2. The predicted octanol–water partition coefficient (Wildman–Crippen LogP) is -0.468. The molecule has 0 aliphatic carbocycles. The van der Waals surface area contributed by atoms with Crippen molar-refractivity contribution in [3.05, 3.63) is 12.2 Å². The zero-order valence-corrected chi connectivity index (χ0v) is 8.47. The SMILES string of the molecule is CN1CC(N2C(=O)C=CC2=O)CCC1=O. The van der Waals surface area contributed by atoms with Gasteiger partial charge in [0.2, 0.25) is 5.91 Å². The van der Waals surface area contributed by atoms with E-state index in [2.05, 4.69) is 0 Å². The highest BCUT2D eigenvalue weighted by molar-refractivity contribution is 6.13. The topological polar surface area (TPSA) is 57.7 Å². The van der Waals surface area contributed by atoms with E-state index in [-0.39, 0.29) is 23.8 Å². The molecule has 2 aliphatic rings. The normalized spacial score (nSPS) is 26.7. The first kappa shape index (κ1) is 9.89. The Hall–Kier alpha value is -1.65. The Kier molecular flexibility index (Phi) is 2.30. The van der Waals surface area contributed by atoms with E-state index in [1.165, 1.54) is 17.1 Å². The van der Waals surface area contributed by atoms with Gasteiger partial charge in [-0.1, -0.05) is 0 Å². The van der Waals surface area contributed by atoms with E-state index in [1.807, 2.05) is 0 Å². The number of carbonyl (C=O) groups is 3. The van der Waals surface area contributed by atoms with Crippen LogP contribution in [-0.4, -0.2) is 47.2 Å². The van der Waals surface area contributed by atoms with Gasteiger partial charge in [-0.3, -0.25) is 19.3 Å². The van der Waals surface area contributed by atoms with Gasteiger partial charge in [0.05, 0.1) is 6.04 Å². The van der Waals surface area contributed by atoms with Crippen LogP contribution in [-0.2, 0) is 14.4 Å². The molecule has 0 radical (unpaired) electrons. The molecule has 1 fully saturated rings. The molecule has 0 aromatic carbocycles. The van der Waals surface area contributed by atoms with Crippen molar-refractivity contribution < 1.29 is 14.4 Å². The molecule has 1 atom stereocenters. The summed E-state index contributed by atoms with van der Waals surface area (Å²) in [6.45, 7) is 0.442. The second-order valence-electron chi connectivity index (χ2n) is 3.85. The number of rotatable bonds is 1. The Morgan fingerprint density at radius 1 is 1.20 bits per heavy atom. The summed E-state index contributed by atoms with van der Waals surface area (Å²) in [5.41, 5.74) is 0. The van der Waals surface area contributed by atoms with Crippen molar-refractivity contribution in [2.45, 2.75) is 18.9 Å². The quantitative estimate of drug-likeness (QED) is 0.547. The average Bonchev–Trinajstić information content (AvgIpc) is 2.52. The number of likely N-dealkylation sites (tertiary alicyclic amines) is 1. The molecule has 2 heterocycles. The Morgan fingerprint density at radius 3 is 2.33 bits per heavy atom. The molecule has 80 valence electrons. The first-order valence-electron chi connectivity index (χ1n) is 4.89. The Labute approximate surface area is 87.3 Å². The predicted molar refractivity (Wildman–Crippen MR) is 51.7 cm³/mol. The fourth-order valence-corrected chi connectivity index (χ4v) is 1.97. The second-order valence-corrected chi connectivity index (χ2v) is 3.85. The van der Waals surface area contributed by atoms with E-state index in [4.69, 9.17) is 0 Å².